The highest BCUT2D eigenvalue weighted by Crippen LogP contribution is 2.26. The van der Waals surface area contributed by atoms with E-state index in [1.54, 1.807) is 6.92 Å². The summed E-state index contributed by atoms with van der Waals surface area (Å²) in [5, 5.41) is 0.703. The maximum atomic E-state index is 12.0. The van der Waals surface area contributed by atoms with Gasteiger partial charge in [-0.05, 0) is 48.7 Å². The van der Waals surface area contributed by atoms with E-state index in [2.05, 4.69) is 0 Å². The Morgan fingerprint density at radius 3 is 2.43 bits per heavy atom. The third-order valence-corrected chi connectivity index (χ3v) is 3.73. The molecule has 0 fully saturated rings. The second kappa shape index (κ2) is 9.56. The summed E-state index contributed by atoms with van der Waals surface area (Å²) in [7, 11) is 0. The van der Waals surface area contributed by atoms with Gasteiger partial charge in [-0.1, -0.05) is 48.0 Å². The van der Waals surface area contributed by atoms with Crippen molar-refractivity contribution in [3.63, 3.8) is 0 Å². The van der Waals surface area contributed by atoms with Crippen molar-refractivity contribution >= 4 is 30.0 Å². The number of halogens is 2. The van der Waals surface area contributed by atoms with Gasteiger partial charge in [-0.15, -0.1) is 12.4 Å². The van der Waals surface area contributed by atoms with Gasteiger partial charge in [0.05, 0.1) is 12.5 Å². The van der Waals surface area contributed by atoms with Gasteiger partial charge in [-0.3, -0.25) is 4.79 Å². The van der Waals surface area contributed by atoms with E-state index in [1.807, 2.05) is 48.5 Å². The Labute approximate surface area is 148 Å². The molecule has 2 aromatic carbocycles. The summed E-state index contributed by atoms with van der Waals surface area (Å²) >= 11 is 6.02. The fraction of sp³-hybridized carbons (Fsp3) is 0.278. The van der Waals surface area contributed by atoms with E-state index < -0.39 is 0 Å². The van der Waals surface area contributed by atoms with E-state index in [1.165, 1.54) is 0 Å². The van der Waals surface area contributed by atoms with Crippen LogP contribution >= 0.6 is 24.0 Å². The zero-order valence-corrected chi connectivity index (χ0v) is 14.6. The number of hydrogen-bond donors (Lipinski definition) is 1. The molecule has 2 aromatic rings. The zero-order valence-electron chi connectivity index (χ0n) is 13.0. The second-order valence-corrected chi connectivity index (χ2v) is 5.45. The highest BCUT2D eigenvalue weighted by atomic mass is 35.5. The van der Waals surface area contributed by atoms with Crippen molar-refractivity contribution in [3.8, 4) is 11.1 Å². The van der Waals surface area contributed by atoms with Gasteiger partial charge in [0.2, 0.25) is 0 Å². The molecular weight excluding hydrogens is 333 g/mol. The van der Waals surface area contributed by atoms with Gasteiger partial charge in [0.15, 0.2) is 0 Å². The van der Waals surface area contributed by atoms with Gasteiger partial charge >= 0.3 is 5.97 Å². The standard InChI is InChI=1S/C18H20ClNO2.ClH/c1-2-22-18(21)17(10-11-20)14-8-6-13(7-9-14)15-4-3-5-16(19)12-15;/h3-9,12,17H,2,10-11,20H2,1H3;1H. The van der Waals surface area contributed by atoms with Crippen LogP contribution in [0.3, 0.4) is 0 Å². The number of esters is 1. The third kappa shape index (κ3) is 5.24. The van der Waals surface area contributed by atoms with Crippen LogP contribution in [0.15, 0.2) is 48.5 Å². The Bertz CT molecular complexity index is 629. The molecular formula is C18H21Cl2NO2. The molecule has 0 spiro atoms. The van der Waals surface area contributed by atoms with Crippen LogP contribution in [0, 0.1) is 0 Å². The molecule has 1 atom stereocenters. The van der Waals surface area contributed by atoms with Gasteiger partial charge in [0.1, 0.15) is 0 Å². The first-order valence-electron chi connectivity index (χ1n) is 7.38. The first-order valence-corrected chi connectivity index (χ1v) is 7.76. The monoisotopic (exact) mass is 353 g/mol. The van der Waals surface area contributed by atoms with Crippen LogP contribution in [0.2, 0.25) is 5.02 Å². The highest BCUT2D eigenvalue weighted by molar-refractivity contribution is 6.30. The van der Waals surface area contributed by atoms with Crippen molar-refractivity contribution in [1.29, 1.82) is 0 Å². The predicted octanol–water partition coefficient (Wildman–Crippen LogP) is 4.42. The van der Waals surface area contributed by atoms with Crippen LogP contribution in [0.5, 0.6) is 0 Å². The molecule has 0 aromatic heterocycles. The first kappa shape index (κ1) is 19.5. The summed E-state index contributed by atoms with van der Waals surface area (Å²) in [5.41, 5.74) is 8.65. The van der Waals surface area contributed by atoms with Crippen molar-refractivity contribution in [2.75, 3.05) is 13.2 Å². The molecule has 0 saturated heterocycles. The molecule has 2 rings (SSSR count). The normalized spacial score (nSPS) is 11.4. The van der Waals surface area contributed by atoms with Crippen LogP contribution < -0.4 is 5.73 Å². The average Bonchev–Trinajstić information content (AvgIpc) is 2.53. The minimum absolute atomic E-state index is 0. The lowest BCUT2D eigenvalue weighted by molar-refractivity contribution is -0.145. The van der Waals surface area contributed by atoms with Crippen LogP contribution in [-0.2, 0) is 9.53 Å². The zero-order chi connectivity index (χ0) is 15.9. The highest BCUT2D eigenvalue weighted by Gasteiger charge is 2.21. The molecule has 0 bridgehead atoms. The molecule has 3 nitrogen and oxygen atoms in total. The number of carbonyl (C=O) groups is 1. The van der Waals surface area contributed by atoms with E-state index in [0.717, 1.165) is 16.7 Å². The fourth-order valence-corrected chi connectivity index (χ4v) is 2.60. The molecule has 1 unspecified atom stereocenters. The Balaban J connectivity index is 0.00000264. The summed E-state index contributed by atoms with van der Waals surface area (Å²) < 4.78 is 5.13. The number of nitrogens with two attached hydrogens (primary N) is 1. The van der Waals surface area contributed by atoms with Crippen molar-refractivity contribution in [3.05, 3.63) is 59.1 Å². The van der Waals surface area contributed by atoms with Crippen molar-refractivity contribution in [2.24, 2.45) is 5.73 Å². The van der Waals surface area contributed by atoms with Crippen molar-refractivity contribution in [1.82, 2.24) is 0 Å². The number of rotatable bonds is 6. The van der Waals surface area contributed by atoms with E-state index in [0.29, 0.717) is 24.6 Å². The number of ether oxygens (including phenoxy) is 1. The van der Waals surface area contributed by atoms with E-state index >= 15 is 0 Å². The molecule has 124 valence electrons. The SMILES string of the molecule is CCOC(=O)C(CCN)c1ccc(-c2cccc(Cl)c2)cc1.Cl. The predicted molar refractivity (Wildman–Crippen MR) is 97.2 cm³/mol. The molecule has 0 radical (unpaired) electrons. The van der Waals surface area contributed by atoms with Crippen LogP contribution in [0.25, 0.3) is 11.1 Å². The van der Waals surface area contributed by atoms with Crippen LogP contribution in [0.1, 0.15) is 24.8 Å². The quantitative estimate of drug-likeness (QED) is 0.781. The van der Waals surface area contributed by atoms with Crippen molar-refractivity contribution < 1.29 is 9.53 Å². The van der Waals surface area contributed by atoms with E-state index in [4.69, 9.17) is 22.1 Å². The lowest BCUT2D eigenvalue weighted by Crippen LogP contribution is -2.19. The molecule has 23 heavy (non-hydrogen) atoms. The third-order valence-electron chi connectivity index (χ3n) is 3.50. The molecule has 0 amide bonds. The summed E-state index contributed by atoms with van der Waals surface area (Å²) in [6.45, 7) is 2.62. The summed E-state index contributed by atoms with van der Waals surface area (Å²) in [5.74, 6) is -0.526. The molecule has 0 aliphatic heterocycles. The Morgan fingerprint density at radius 1 is 1.17 bits per heavy atom. The van der Waals surface area contributed by atoms with Crippen LogP contribution in [-0.4, -0.2) is 19.1 Å². The topological polar surface area (TPSA) is 52.3 Å². The molecule has 5 heteroatoms. The molecule has 0 saturated carbocycles. The summed E-state index contributed by atoms with van der Waals surface area (Å²) in [6.07, 6.45) is 0.579. The maximum Gasteiger partial charge on any atom is 0.313 e. The summed E-state index contributed by atoms with van der Waals surface area (Å²) in [4.78, 5) is 12.0. The fourth-order valence-electron chi connectivity index (χ4n) is 2.41. The molecule has 2 N–H and O–H groups in total. The van der Waals surface area contributed by atoms with Gasteiger partial charge in [-0.2, -0.15) is 0 Å². The van der Waals surface area contributed by atoms with Gasteiger partial charge < -0.3 is 10.5 Å². The minimum Gasteiger partial charge on any atom is -0.466 e. The molecule has 0 aliphatic carbocycles. The van der Waals surface area contributed by atoms with Gasteiger partial charge in [0, 0.05) is 5.02 Å². The van der Waals surface area contributed by atoms with Gasteiger partial charge in [0.25, 0.3) is 0 Å². The first-order chi connectivity index (χ1) is 10.7. The number of carbonyl (C=O) groups excluding carboxylic acids is 1. The van der Waals surface area contributed by atoms with Gasteiger partial charge in [-0.25, -0.2) is 0 Å². The molecule has 0 aliphatic rings. The van der Waals surface area contributed by atoms with Crippen molar-refractivity contribution in [2.45, 2.75) is 19.3 Å². The average molecular weight is 354 g/mol. The number of benzene rings is 2. The second-order valence-electron chi connectivity index (χ2n) is 5.01. The maximum absolute atomic E-state index is 12.0. The van der Waals surface area contributed by atoms with Crippen LogP contribution in [0.4, 0.5) is 0 Å². The summed E-state index contributed by atoms with van der Waals surface area (Å²) in [6, 6.07) is 15.6. The Kier molecular flexibility index (Phi) is 8.10. The number of hydrogen-bond acceptors (Lipinski definition) is 3. The lowest BCUT2D eigenvalue weighted by atomic mass is 9.93. The van der Waals surface area contributed by atoms with E-state index in [-0.39, 0.29) is 24.3 Å². The lowest BCUT2D eigenvalue weighted by Gasteiger charge is -2.15. The Hall–Kier alpha value is -1.55. The largest absolute Gasteiger partial charge is 0.466 e. The Morgan fingerprint density at radius 2 is 1.87 bits per heavy atom. The minimum atomic E-state index is -0.307. The molecule has 0 heterocycles. The smallest absolute Gasteiger partial charge is 0.313 e. The van der Waals surface area contributed by atoms with E-state index in [9.17, 15) is 4.79 Å².